The van der Waals surface area contributed by atoms with Gasteiger partial charge in [0.1, 0.15) is 17.3 Å². The van der Waals surface area contributed by atoms with Crippen molar-refractivity contribution in [2.24, 2.45) is 0 Å². The molecule has 6 nitrogen and oxygen atoms in total. The number of carbonyl (C=O) groups excluding carboxylic acids is 2. The highest BCUT2D eigenvalue weighted by Crippen LogP contribution is 2.37. The number of fused-ring (bicyclic) bond motifs is 1. The number of amides is 1. The molecule has 1 aromatic heterocycles. The van der Waals surface area contributed by atoms with E-state index in [1.54, 1.807) is 17.0 Å². The molecule has 3 aliphatic rings. The van der Waals surface area contributed by atoms with Crippen molar-refractivity contribution >= 4 is 17.6 Å². The van der Waals surface area contributed by atoms with Gasteiger partial charge in [0.05, 0.1) is 30.3 Å². The van der Waals surface area contributed by atoms with E-state index in [9.17, 15) is 14.0 Å². The Morgan fingerprint density at radius 2 is 1.93 bits per heavy atom. The third-order valence-corrected chi connectivity index (χ3v) is 6.05. The standard InChI is InChI=1S/C23H23FN2O4/c24-16-5-3-15(4-6-16)12-21(27)23(13-29-14-23)20-10-9-19-18(25-20)2-1-11-26(19)22(28)30-17-7-8-17/h3-6,9-10,17H,1-2,7-8,11-14H2. The van der Waals surface area contributed by atoms with Gasteiger partial charge in [-0.2, -0.15) is 0 Å². The number of rotatable bonds is 5. The predicted molar refractivity (Wildman–Crippen MR) is 107 cm³/mol. The summed E-state index contributed by atoms with van der Waals surface area (Å²) in [6.07, 6.45) is 3.35. The van der Waals surface area contributed by atoms with Gasteiger partial charge in [-0.3, -0.25) is 14.7 Å². The Labute approximate surface area is 174 Å². The van der Waals surface area contributed by atoms with Crippen LogP contribution >= 0.6 is 0 Å². The van der Waals surface area contributed by atoms with E-state index in [4.69, 9.17) is 14.5 Å². The van der Waals surface area contributed by atoms with Gasteiger partial charge >= 0.3 is 6.09 Å². The highest BCUT2D eigenvalue weighted by Gasteiger charge is 2.48. The second kappa shape index (κ2) is 7.47. The minimum atomic E-state index is -0.791. The normalized spacial score (nSPS) is 19.6. The molecule has 0 atom stereocenters. The molecule has 30 heavy (non-hydrogen) atoms. The highest BCUT2D eigenvalue weighted by molar-refractivity contribution is 5.93. The average Bonchev–Trinajstić information content (AvgIpc) is 3.52. The topological polar surface area (TPSA) is 68.7 Å². The number of aryl methyl sites for hydroxylation is 1. The van der Waals surface area contributed by atoms with Crippen LogP contribution in [0.25, 0.3) is 0 Å². The number of anilines is 1. The van der Waals surface area contributed by atoms with Crippen LogP contribution in [0.15, 0.2) is 36.4 Å². The number of hydrogen-bond acceptors (Lipinski definition) is 5. The Balaban J connectivity index is 1.39. The minimum absolute atomic E-state index is 0.00798. The summed E-state index contributed by atoms with van der Waals surface area (Å²) in [5, 5.41) is 0. The number of hydrogen-bond donors (Lipinski definition) is 0. The largest absolute Gasteiger partial charge is 0.446 e. The van der Waals surface area contributed by atoms with Crippen LogP contribution in [0.4, 0.5) is 14.9 Å². The van der Waals surface area contributed by atoms with E-state index in [2.05, 4.69) is 0 Å². The van der Waals surface area contributed by atoms with Crippen molar-refractivity contribution in [2.75, 3.05) is 24.7 Å². The Morgan fingerprint density at radius 3 is 2.60 bits per heavy atom. The molecule has 7 heteroatoms. The molecule has 5 rings (SSSR count). The van der Waals surface area contributed by atoms with Crippen molar-refractivity contribution in [2.45, 2.75) is 43.6 Å². The van der Waals surface area contributed by atoms with E-state index < -0.39 is 5.41 Å². The Bertz CT molecular complexity index is 983. The third-order valence-electron chi connectivity index (χ3n) is 6.05. The first kappa shape index (κ1) is 19.2. The maximum absolute atomic E-state index is 13.2. The molecule has 1 amide bonds. The van der Waals surface area contributed by atoms with Crippen LogP contribution in [-0.4, -0.2) is 42.7 Å². The van der Waals surface area contributed by atoms with E-state index in [1.807, 2.05) is 12.1 Å². The second-order valence-corrected chi connectivity index (χ2v) is 8.30. The molecule has 1 saturated carbocycles. The summed E-state index contributed by atoms with van der Waals surface area (Å²) in [5.41, 5.74) is 2.22. The maximum atomic E-state index is 13.2. The molecule has 1 saturated heterocycles. The van der Waals surface area contributed by atoms with Gasteiger partial charge in [0, 0.05) is 13.0 Å². The fourth-order valence-corrected chi connectivity index (χ4v) is 4.01. The lowest BCUT2D eigenvalue weighted by atomic mass is 9.75. The molecular formula is C23H23FN2O4. The van der Waals surface area contributed by atoms with Gasteiger partial charge in [-0.25, -0.2) is 9.18 Å². The number of Topliss-reactive ketones (excluding diaryl/α,β-unsaturated/α-hetero) is 1. The first-order valence-corrected chi connectivity index (χ1v) is 10.4. The van der Waals surface area contributed by atoms with E-state index >= 15 is 0 Å². The number of nitrogens with zero attached hydrogens (tertiary/aromatic N) is 2. The number of ketones is 1. The van der Waals surface area contributed by atoms with E-state index in [0.717, 1.165) is 42.6 Å². The summed E-state index contributed by atoms with van der Waals surface area (Å²) >= 11 is 0. The van der Waals surface area contributed by atoms with Crippen molar-refractivity contribution in [1.82, 2.24) is 4.98 Å². The average molecular weight is 410 g/mol. The summed E-state index contributed by atoms with van der Waals surface area (Å²) in [5.74, 6) is -0.317. The number of ether oxygens (including phenoxy) is 2. The van der Waals surface area contributed by atoms with Gasteiger partial charge < -0.3 is 9.47 Å². The van der Waals surface area contributed by atoms with Gasteiger partial charge in [0.25, 0.3) is 0 Å². The summed E-state index contributed by atoms with van der Waals surface area (Å²) in [7, 11) is 0. The Morgan fingerprint density at radius 1 is 1.17 bits per heavy atom. The zero-order valence-electron chi connectivity index (χ0n) is 16.6. The zero-order valence-corrected chi connectivity index (χ0v) is 16.6. The van der Waals surface area contributed by atoms with Crippen LogP contribution in [0.5, 0.6) is 0 Å². The van der Waals surface area contributed by atoms with E-state index in [1.165, 1.54) is 12.1 Å². The van der Waals surface area contributed by atoms with Crippen molar-refractivity contribution < 1.29 is 23.5 Å². The molecule has 0 unspecified atom stereocenters. The fraction of sp³-hybridized carbons (Fsp3) is 0.435. The summed E-state index contributed by atoms with van der Waals surface area (Å²) in [4.78, 5) is 32.1. The first-order valence-electron chi connectivity index (χ1n) is 10.4. The van der Waals surface area contributed by atoms with E-state index in [-0.39, 0.29) is 43.4 Å². The smallest absolute Gasteiger partial charge is 0.414 e. The minimum Gasteiger partial charge on any atom is -0.446 e. The summed E-state index contributed by atoms with van der Waals surface area (Å²) in [6, 6.07) is 9.68. The lowest BCUT2D eigenvalue weighted by Crippen LogP contribution is -2.54. The van der Waals surface area contributed by atoms with Crippen LogP contribution in [0.2, 0.25) is 0 Å². The fourth-order valence-electron chi connectivity index (χ4n) is 4.01. The predicted octanol–water partition coefficient (Wildman–Crippen LogP) is 3.35. The number of carbonyl (C=O) groups is 2. The molecule has 156 valence electrons. The molecular weight excluding hydrogens is 387 g/mol. The SMILES string of the molecule is O=C(OC1CC1)N1CCCc2nc(C3(C(=O)Cc4ccc(F)cc4)COC3)ccc21. The molecule has 3 heterocycles. The molecule has 1 aromatic carbocycles. The van der Waals surface area contributed by atoms with Crippen LogP contribution in [0.3, 0.4) is 0 Å². The van der Waals surface area contributed by atoms with Gasteiger partial charge in [0.2, 0.25) is 0 Å². The van der Waals surface area contributed by atoms with Crippen LogP contribution in [-0.2, 0) is 32.5 Å². The van der Waals surface area contributed by atoms with Crippen molar-refractivity contribution in [3.63, 3.8) is 0 Å². The Kier molecular flexibility index (Phi) is 4.77. The number of aromatic nitrogens is 1. The Hall–Kier alpha value is -2.80. The van der Waals surface area contributed by atoms with E-state index in [0.29, 0.717) is 12.2 Å². The summed E-state index contributed by atoms with van der Waals surface area (Å²) in [6.45, 7) is 1.18. The monoisotopic (exact) mass is 410 g/mol. The van der Waals surface area contributed by atoms with Crippen LogP contribution < -0.4 is 4.90 Å². The molecule has 1 aliphatic carbocycles. The number of benzene rings is 1. The molecule has 2 aromatic rings. The molecule has 0 N–H and O–H groups in total. The lowest BCUT2D eigenvalue weighted by molar-refractivity contribution is -0.142. The quantitative estimate of drug-likeness (QED) is 0.756. The maximum Gasteiger partial charge on any atom is 0.414 e. The molecule has 0 bridgehead atoms. The summed E-state index contributed by atoms with van der Waals surface area (Å²) < 4.78 is 24.0. The van der Waals surface area contributed by atoms with Crippen LogP contribution in [0, 0.1) is 5.82 Å². The second-order valence-electron chi connectivity index (χ2n) is 8.30. The molecule has 2 fully saturated rings. The molecule has 0 spiro atoms. The van der Waals surface area contributed by atoms with Gasteiger partial charge in [-0.1, -0.05) is 12.1 Å². The van der Waals surface area contributed by atoms with Crippen molar-refractivity contribution in [1.29, 1.82) is 0 Å². The lowest BCUT2D eigenvalue weighted by Gasteiger charge is -2.40. The zero-order chi connectivity index (χ0) is 20.7. The van der Waals surface area contributed by atoms with Gasteiger partial charge in [-0.15, -0.1) is 0 Å². The van der Waals surface area contributed by atoms with Gasteiger partial charge in [-0.05, 0) is 55.5 Å². The molecule has 0 radical (unpaired) electrons. The number of halogens is 1. The highest BCUT2D eigenvalue weighted by atomic mass is 19.1. The van der Waals surface area contributed by atoms with Gasteiger partial charge in [0.15, 0.2) is 5.78 Å². The third kappa shape index (κ3) is 3.47. The first-order chi connectivity index (χ1) is 14.5. The van der Waals surface area contributed by atoms with Crippen molar-refractivity contribution in [3.05, 3.63) is 59.2 Å². The van der Waals surface area contributed by atoms with Crippen LogP contribution in [0.1, 0.15) is 36.2 Å². The van der Waals surface area contributed by atoms with Crippen molar-refractivity contribution in [3.8, 4) is 0 Å². The molecule has 2 aliphatic heterocycles. The number of pyridine rings is 1.